The first-order valence-electron chi connectivity index (χ1n) is 3.81. The Kier molecular flexibility index (Phi) is 1.94. The highest BCUT2D eigenvalue weighted by Gasteiger charge is 2.01. The second-order valence-corrected chi connectivity index (χ2v) is 3.09. The molecule has 2 N–H and O–H groups in total. The van der Waals surface area contributed by atoms with E-state index >= 15 is 0 Å². The lowest BCUT2D eigenvalue weighted by atomic mass is 10.3. The van der Waals surface area contributed by atoms with Crippen molar-refractivity contribution in [2.45, 2.75) is 0 Å². The van der Waals surface area contributed by atoms with Gasteiger partial charge in [0.25, 0.3) is 0 Å². The minimum Gasteiger partial charge on any atom is -0.399 e. The molecule has 13 heavy (non-hydrogen) atoms. The molecule has 0 bridgehead atoms. The smallest absolute Gasteiger partial charge is 0.0992 e. The highest BCUT2D eigenvalue weighted by atomic mass is 35.5. The average molecular weight is 194 g/mol. The van der Waals surface area contributed by atoms with Crippen LogP contribution in [0.25, 0.3) is 5.69 Å². The molecule has 0 amide bonds. The summed E-state index contributed by atoms with van der Waals surface area (Å²) in [5.74, 6) is 0. The second kappa shape index (κ2) is 3.11. The van der Waals surface area contributed by atoms with Crippen LogP contribution in [0.2, 0.25) is 5.02 Å². The van der Waals surface area contributed by atoms with Gasteiger partial charge in [-0.3, -0.25) is 0 Å². The third-order valence-corrected chi connectivity index (χ3v) is 2.06. The predicted molar refractivity (Wildman–Crippen MR) is 53.0 cm³/mol. The van der Waals surface area contributed by atoms with Gasteiger partial charge in [0.1, 0.15) is 0 Å². The fourth-order valence-electron chi connectivity index (χ4n) is 1.13. The number of hydrogen-bond acceptors (Lipinski definition) is 2. The topological polar surface area (TPSA) is 43.8 Å². The molecule has 1 aromatic carbocycles. The maximum absolute atomic E-state index is 5.99. The molecule has 1 aromatic heterocycles. The summed E-state index contributed by atoms with van der Waals surface area (Å²) in [5, 5.41) is 0.623. The number of nitrogens with zero attached hydrogens (tertiary/aromatic N) is 2. The molecule has 3 nitrogen and oxygen atoms in total. The van der Waals surface area contributed by atoms with Gasteiger partial charge in [0, 0.05) is 18.1 Å². The first kappa shape index (κ1) is 8.13. The SMILES string of the molecule is Nc1ccc(-n2ccnc2)c(Cl)c1. The first-order valence-corrected chi connectivity index (χ1v) is 4.18. The summed E-state index contributed by atoms with van der Waals surface area (Å²) in [6.45, 7) is 0. The van der Waals surface area contributed by atoms with Crippen LogP contribution in [0.1, 0.15) is 0 Å². The Hall–Kier alpha value is -1.48. The molecular formula is C9H8ClN3. The lowest BCUT2D eigenvalue weighted by Gasteiger charge is -2.04. The third-order valence-electron chi connectivity index (χ3n) is 1.75. The number of nitrogen functional groups attached to an aromatic ring is 1. The van der Waals surface area contributed by atoms with Crippen LogP contribution in [0.5, 0.6) is 0 Å². The van der Waals surface area contributed by atoms with E-state index in [2.05, 4.69) is 4.98 Å². The van der Waals surface area contributed by atoms with E-state index in [1.54, 1.807) is 24.7 Å². The molecule has 0 aliphatic rings. The van der Waals surface area contributed by atoms with Gasteiger partial charge in [-0.05, 0) is 18.2 Å². The van der Waals surface area contributed by atoms with Crippen molar-refractivity contribution >= 4 is 17.3 Å². The number of aromatic nitrogens is 2. The van der Waals surface area contributed by atoms with E-state index in [1.165, 1.54) is 0 Å². The normalized spacial score (nSPS) is 10.2. The van der Waals surface area contributed by atoms with E-state index < -0.39 is 0 Å². The molecule has 0 aliphatic heterocycles. The van der Waals surface area contributed by atoms with Gasteiger partial charge in [0.05, 0.1) is 17.0 Å². The molecule has 2 aromatic rings. The van der Waals surface area contributed by atoms with Crippen LogP contribution in [-0.4, -0.2) is 9.55 Å². The first-order chi connectivity index (χ1) is 6.27. The largest absolute Gasteiger partial charge is 0.399 e. The summed E-state index contributed by atoms with van der Waals surface area (Å²) in [6.07, 6.45) is 5.22. The Morgan fingerprint density at radius 2 is 2.23 bits per heavy atom. The number of hydrogen-bond donors (Lipinski definition) is 1. The van der Waals surface area contributed by atoms with Crippen molar-refractivity contribution < 1.29 is 0 Å². The quantitative estimate of drug-likeness (QED) is 0.705. The molecule has 0 unspecified atom stereocenters. The van der Waals surface area contributed by atoms with Crippen LogP contribution in [0.4, 0.5) is 5.69 Å². The van der Waals surface area contributed by atoms with Gasteiger partial charge in [0.15, 0.2) is 0 Å². The van der Waals surface area contributed by atoms with Crippen molar-refractivity contribution in [2.24, 2.45) is 0 Å². The minimum absolute atomic E-state index is 0.623. The maximum atomic E-state index is 5.99. The zero-order chi connectivity index (χ0) is 9.26. The van der Waals surface area contributed by atoms with Gasteiger partial charge in [0.2, 0.25) is 0 Å². The molecule has 0 saturated heterocycles. The Labute approximate surface area is 80.8 Å². The number of nitrogens with two attached hydrogens (primary N) is 1. The van der Waals surface area contributed by atoms with E-state index in [4.69, 9.17) is 17.3 Å². The summed E-state index contributed by atoms with van der Waals surface area (Å²) >= 11 is 5.99. The van der Waals surface area contributed by atoms with Crippen molar-refractivity contribution in [1.29, 1.82) is 0 Å². The number of imidazole rings is 1. The van der Waals surface area contributed by atoms with Crippen LogP contribution < -0.4 is 5.73 Å². The summed E-state index contributed by atoms with van der Waals surface area (Å²) in [5.41, 5.74) is 7.12. The number of halogens is 1. The van der Waals surface area contributed by atoms with Gasteiger partial charge in [-0.1, -0.05) is 11.6 Å². The predicted octanol–water partition coefficient (Wildman–Crippen LogP) is 2.11. The van der Waals surface area contributed by atoms with E-state index in [0.717, 1.165) is 5.69 Å². The highest BCUT2D eigenvalue weighted by Crippen LogP contribution is 2.22. The Balaban J connectivity index is 2.53. The van der Waals surface area contributed by atoms with Crippen molar-refractivity contribution in [3.63, 3.8) is 0 Å². The van der Waals surface area contributed by atoms with E-state index in [1.807, 2.05) is 16.8 Å². The zero-order valence-electron chi connectivity index (χ0n) is 6.81. The minimum atomic E-state index is 0.623. The zero-order valence-corrected chi connectivity index (χ0v) is 7.57. The Morgan fingerprint density at radius 3 is 2.85 bits per heavy atom. The highest BCUT2D eigenvalue weighted by molar-refractivity contribution is 6.32. The lowest BCUT2D eigenvalue weighted by molar-refractivity contribution is 1.06. The van der Waals surface area contributed by atoms with Crippen molar-refractivity contribution in [3.8, 4) is 5.69 Å². The van der Waals surface area contributed by atoms with Crippen molar-refractivity contribution in [3.05, 3.63) is 41.9 Å². The van der Waals surface area contributed by atoms with Crippen LogP contribution in [0.15, 0.2) is 36.9 Å². The van der Waals surface area contributed by atoms with Gasteiger partial charge < -0.3 is 10.3 Å². The molecule has 0 saturated carbocycles. The summed E-state index contributed by atoms with van der Waals surface area (Å²) in [6, 6.07) is 5.39. The average Bonchev–Trinajstić information content (AvgIpc) is 2.56. The molecule has 0 aliphatic carbocycles. The third kappa shape index (κ3) is 1.51. The van der Waals surface area contributed by atoms with Gasteiger partial charge in [-0.25, -0.2) is 4.98 Å². The van der Waals surface area contributed by atoms with Crippen LogP contribution >= 0.6 is 11.6 Å². The molecule has 2 rings (SSSR count). The number of anilines is 1. The van der Waals surface area contributed by atoms with Crippen LogP contribution in [-0.2, 0) is 0 Å². The second-order valence-electron chi connectivity index (χ2n) is 2.68. The van der Waals surface area contributed by atoms with E-state index in [9.17, 15) is 0 Å². The molecule has 0 radical (unpaired) electrons. The molecule has 0 spiro atoms. The molecule has 66 valence electrons. The summed E-state index contributed by atoms with van der Waals surface area (Å²) < 4.78 is 1.84. The molecular weight excluding hydrogens is 186 g/mol. The van der Waals surface area contributed by atoms with E-state index in [0.29, 0.717) is 10.7 Å². The fourth-order valence-corrected chi connectivity index (χ4v) is 1.42. The number of rotatable bonds is 1. The number of benzene rings is 1. The van der Waals surface area contributed by atoms with Crippen molar-refractivity contribution in [2.75, 3.05) is 5.73 Å². The molecule has 0 atom stereocenters. The monoisotopic (exact) mass is 193 g/mol. The summed E-state index contributed by atoms with van der Waals surface area (Å²) in [7, 11) is 0. The van der Waals surface area contributed by atoms with Crippen LogP contribution in [0, 0.1) is 0 Å². The summed E-state index contributed by atoms with van der Waals surface area (Å²) in [4.78, 5) is 3.94. The molecule has 1 heterocycles. The molecule has 0 fully saturated rings. The van der Waals surface area contributed by atoms with Gasteiger partial charge >= 0.3 is 0 Å². The molecule has 4 heteroatoms. The Morgan fingerprint density at radius 1 is 1.38 bits per heavy atom. The maximum Gasteiger partial charge on any atom is 0.0992 e. The van der Waals surface area contributed by atoms with E-state index in [-0.39, 0.29) is 0 Å². The lowest BCUT2D eigenvalue weighted by Crippen LogP contribution is -1.92. The van der Waals surface area contributed by atoms with Crippen molar-refractivity contribution in [1.82, 2.24) is 9.55 Å². The Bertz CT molecular complexity index is 409. The van der Waals surface area contributed by atoms with Gasteiger partial charge in [-0.2, -0.15) is 0 Å². The van der Waals surface area contributed by atoms with Gasteiger partial charge in [-0.15, -0.1) is 0 Å². The van der Waals surface area contributed by atoms with Crippen LogP contribution in [0.3, 0.4) is 0 Å². The fraction of sp³-hybridized carbons (Fsp3) is 0. The standard InChI is InChI=1S/C9H8ClN3/c10-8-5-7(11)1-2-9(8)13-4-3-12-6-13/h1-6H,11H2.